The molecule has 0 radical (unpaired) electrons. The summed E-state index contributed by atoms with van der Waals surface area (Å²) in [5, 5.41) is 12.5. The Kier molecular flexibility index (Phi) is 4.02. The van der Waals surface area contributed by atoms with Crippen LogP contribution >= 0.6 is 11.3 Å². The number of hydrogen-bond donors (Lipinski definition) is 1. The van der Waals surface area contributed by atoms with E-state index in [2.05, 4.69) is 27.4 Å². The number of amides is 1. The highest BCUT2D eigenvalue weighted by Crippen LogP contribution is 2.35. The van der Waals surface area contributed by atoms with Crippen LogP contribution in [-0.2, 0) is 6.42 Å². The van der Waals surface area contributed by atoms with Crippen molar-refractivity contribution in [1.29, 1.82) is 0 Å². The minimum Gasteiger partial charge on any atom is -0.320 e. The number of fused-ring (bicyclic) bond motifs is 1. The molecule has 1 amide bonds. The maximum absolute atomic E-state index is 12.4. The zero-order valence-electron chi connectivity index (χ0n) is 13.5. The lowest BCUT2D eigenvalue weighted by molar-refractivity contribution is 0.103. The van der Waals surface area contributed by atoms with Gasteiger partial charge in [-0.1, -0.05) is 13.3 Å². The smallest absolute Gasteiger partial charge is 0.267 e. The highest BCUT2D eigenvalue weighted by atomic mass is 32.1. The van der Waals surface area contributed by atoms with E-state index < -0.39 is 0 Å². The second kappa shape index (κ2) is 6.32. The third kappa shape index (κ3) is 2.80. The molecule has 6 nitrogen and oxygen atoms in total. The number of thiazole rings is 1. The second-order valence-corrected chi connectivity index (χ2v) is 7.27. The molecule has 0 bridgehead atoms. The molecule has 0 atom stereocenters. The number of anilines is 1. The van der Waals surface area contributed by atoms with Gasteiger partial charge in [-0.3, -0.25) is 9.20 Å². The van der Waals surface area contributed by atoms with Gasteiger partial charge >= 0.3 is 0 Å². The summed E-state index contributed by atoms with van der Waals surface area (Å²) in [5.74, 6) is 1.37. The van der Waals surface area contributed by atoms with Crippen LogP contribution in [0.1, 0.15) is 59.0 Å². The van der Waals surface area contributed by atoms with Crippen molar-refractivity contribution in [3.05, 3.63) is 40.2 Å². The maximum Gasteiger partial charge on any atom is 0.267 e. The number of nitrogens with zero attached hydrogens (tertiary/aromatic N) is 4. The van der Waals surface area contributed by atoms with Crippen LogP contribution in [-0.4, -0.2) is 25.5 Å². The van der Waals surface area contributed by atoms with Crippen LogP contribution in [0.3, 0.4) is 0 Å². The summed E-state index contributed by atoms with van der Waals surface area (Å²) >= 11 is 1.46. The number of nitrogens with one attached hydrogen (secondary N) is 1. The van der Waals surface area contributed by atoms with E-state index in [9.17, 15) is 4.79 Å². The summed E-state index contributed by atoms with van der Waals surface area (Å²) in [7, 11) is 0. The Morgan fingerprint density at radius 3 is 3.00 bits per heavy atom. The molecule has 7 heteroatoms. The molecule has 0 aliphatic heterocycles. The van der Waals surface area contributed by atoms with Crippen molar-refractivity contribution in [2.24, 2.45) is 0 Å². The van der Waals surface area contributed by atoms with Crippen molar-refractivity contribution in [3.63, 3.8) is 0 Å². The Morgan fingerprint density at radius 2 is 2.25 bits per heavy atom. The zero-order chi connectivity index (χ0) is 16.5. The highest BCUT2D eigenvalue weighted by molar-refractivity contribution is 7.13. The van der Waals surface area contributed by atoms with Crippen molar-refractivity contribution in [2.45, 2.75) is 44.9 Å². The summed E-state index contributed by atoms with van der Waals surface area (Å²) < 4.78 is 1.99. The summed E-state index contributed by atoms with van der Waals surface area (Å²) in [5.41, 5.74) is 1.57. The average Bonchev–Trinajstić information content (AvgIpc) is 3.14. The second-order valence-electron chi connectivity index (χ2n) is 6.15. The number of aryl methyl sites for hydroxylation is 1. The molecule has 1 N–H and O–H groups in total. The fraction of sp³-hybridized carbons (Fsp3) is 0.412. The van der Waals surface area contributed by atoms with Gasteiger partial charge in [0.1, 0.15) is 10.7 Å². The highest BCUT2D eigenvalue weighted by Gasteiger charge is 2.24. The summed E-state index contributed by atoms with van der Waals surface area (Å²) in [4.78, 5) is 17.4. The Morgan fingerprint density at radius 1 is 1.38 bits per heavy atom. The standard InChI is InChI=1S/C17H19N5OS/c1-2-4-15-18-9-13(24-15)17(23)19-12-7-8-14-20-21-16(22(14)10-12)11-5-3-6-11/h7-11H,2-6H2,1H3,(H,19,23). The largest absolute Gasteiger partial charge is 0.320 e. The van der Waals surface area contributed by atoms with Crippen LogP contribution < -0.4 is 5.32 Å². The average molecular weight is 341 g/mol. The fourth-order valence-corrected chi connectivity index (χ4v) is 3.78. The Labute approximate surface area is 143 Å². The lowest BCUT2D eigenvalue weighted by Crippen LogP contribution is -2.14. The van der Waals surface area contributed by atoms with Crippen molar-refractivity contribution >= 4 is 28.6 Å². The van der Waals surface area contributed by atoms with Gasteiger partial charge in [0.15, 0.2) is 5.65 Å². The van der Waals surface area contributed by atoms with Gasteiger partial charge in [0.2, 0.25) is 0 Å². The number of pyridine rings is 1. The third-order valence-corrected chi connectivity index (χ3v) is 5.45. The minimum absolute atomic E-state index is 0.118. The maximum atomic E-state index is 12.4. The number of rotatable bonds is 5. The molecule has 1 saturated carbocycles. The first-order valence-corrected chi connectivity index (χ1v) is 9.17. The van der Waals surface area contributed by atoms with Crippen molar-refractivity contribution < 1.29 is 4.79 Å². The fourth-order valence-electron chi connectivity index (χ4n) is 2.86. The Hall–Kier alpha value is -2.28. The van der Waals surface area contributed by atoms with E-state index in [4.69, 9.17) is 0 Å². The molecule has 3 heterocycles. The number of carbonyl (C=O) groups is 1. The van der Waals surface area contributed by atoms with E-state index in [1.165, 1.54) is 30.6 Å². The predicted octanol–water partition coefficient (Wildman–Crippen LogP) is 3.66. The normalized spacial score (nSPS) is 14.7. The molecule has 124 valence electrons. The van der Waals surface area contributed by atoms with Crippen LogP contribution in [0.4, 0.5) is 5.69 Å². The van der Waals surface area contributed by atoms with Gasteiger partial charge in [-0.25, -0.2) is 4.98 Å². The molecule has 24 heavy (non-hydrogen) atoms. The molecular formula is C17H19N5OS. The van der Waals surface area contributed by atoms with Gasteiger partial charge in [-0.15, -0.1) is 21.5 Å². The Balaban J connectivity index is 1.55. The van der Waals surface area contributed by atoms with E-state index in [0.29, 0.717) is 10.8 Å². The molecule has 1 aliphatic carbocycles. The molecule has 1 aliphatic rings. The van der Waals surface area contributed by atoms with Gasteiger partial charge in [-0.05, 0) is 37.8 Å². The first-order valence-electron chi connectivity index (χ1n) is 8.35. The molecule has 3 aromatic rings. The van der Waals surface area contributed by atoms with Crippen molar-refractivity contribution in [3.8, 4) is 0 Å². The van der Waals surface area contributed by atoms with Gasteiger partial charge < -0.3 is 5.32 Å². The van der Waals surface area contributed by atoms with E-state index >= 15 is 0 Å². The van der Waals surface area contributed by atoms with Crippen LogP contribution in [0.25, 0.3) is 5.65 Å². The Bertz CT molecular complexity index is 880. The van der Waals surface area contributed by atoms with E-state index in [0.717, 1.165) is 35.0 Å². The van der Waals surface area contributed by atoms with Crippen molar-refractivity contribution in [2.75, 3.05) is 5.32 Å². The molecule has 0 saturated heterocycles. The van der Waals surface area contributed by atoms with Gasteiger partial charge in [-0.2, -0.15) is 0 Å². The van der Waals surface area contributed by atoms with Gasteiger partial charge in [0.05, 0.1) is 16.9 Å². The first-order chi connectivity index (χ1) is 11.7. The van der Waals surface area contributed by atoms with Gasteiger partial charge in [0.25, 0.3) is 5.91 Å². The van der Waals surface area contributed by atoms with Crippen LogP contribution in [0, 0.1) is 0 Å². The lowest BCUT2D eigenvalue weighted by Gasteiger charge is -2.23. The molecular weight excluding hydrogens is 322 g/mol. The zero-order valence-corrected chi connectivity index (χ0v) is 14.3. The van der Waals surface area contributed by atoms with Crippen molar-refractivity contribution in [1.82, 2.24) is 19.6 Å². The SMILES string of the molecule is CCCc1ncc(C(=O)Nc2ccc3nnc(C4CCC4)n3c2)s1. The molecule has 0 aromatic carbocycles. The van der Waals surface area contributed by atoms with E-state index in [1.54, 1.807) is 6.20 Å². The molecule has 3 aromatic heterocycles. The lowest BCUT2D eigenvalue weighted by atomic mass is 9.85. The summed E-state index contributed by atoms with van der Waals surface area (Å²) in [6, 6.07) is 3.75. The molecule has 0 spiro atoms. The van der Waals surface area contributed by atoms with Crippen LogP contribution in [0.15, 0.2) is 24.5 Å². The van der Waals surface area contributed by atoms with E-state index in [1.807, 2.05) is 22.7 Å². The first kappa shape index (κ1) is 15.3. The quantitative estimate of drug-likeness (QED) is 0.769. The topological polar surface area (TPSA) is 72.2 Å². The minimum atomic E-state index is -0.118. The predicted molar refractivity (Wildman–Crippen MR) is 93.6 cm³/mol. The van der Waals surface area contributed by atoms with E-state index in [-0.39, 0.29) is 5.91 Å². The molecule has 4 rings (SSSR count). The summed E-state index contributed by atoms with van der Waals surface area (Å²) in [6.45, 7) is 2.11. The monoisotopic (exact) mass is 341 g/mol. The molecule has 0 unspecified atom stereocenters. The third-order valence-electron chi connectivity index (χ3n) is 4.40. The van der Waals surface area contributed by atoms with Crippen LogP contribution in [0.5, 0.6) is 0 Å². The molecule has 1 fully saturated rings. The summed E-state index contributed by atoms with van der Waals surface area (Å²) in [6.07, 6.45) is 9.09. The van der Waals surface area contributed by atoms with Crippen LogP contribution in [0.2, 0.25) is 0 Å². The number of carbonyl (C=O) groups excluding carboxylic acids is 1. The van der Waals surface area contributed by atoms with Gasteiger partial charge in [0, 0.05) is 12.1 Å². The number of aromatic nitrogens is 4. The number of hydrogen-bond acceptors (Lipinski definition) is 5.